The quantitative estimate of drug-likeness (QED) is 0.900. The highest BCUT2D eigenvalue weighted by atomic mass is 16.5. The number of nitriles is 1. The third-order valence-corrected chi connectivity index (χ3v) is 3.14. The summed E-state index contributed by atoms with van der Waals surface area (Å²) in [4.78, 5) is 4.24. The molecule has 0 amide bonds. The molecule has 0 aliphatic carbocycles. The molecule has 0 aliphatic rings. The Hall–Kier alpha value is -2.54. The highest BCUT2D eigenvalue weighted by Gasteiger charge is 2.09. The first-order valence-electron chi connectivity index (χ1n) is 6.53. The van der Waals surface area contributed by atoms with Crippen molar-refractivity contribution >= 4 is 5.82 Å². The molecule has 0 saturated carbocycles. The number of rotatable bonds is 5. The summed E-state index contributed by atoms with van der Waals surface area (Å²) in [5.41, 5.74) is 1.74. The van der Waals surface area contributed by atoms with Crippen molar-refractivity contribution in [1.29, 1.82) is 5.26 Å². The van der Waals surface area contributed by atoms with Crippen LogP contribution in [0, 0.1) is 11.3 Å². The van der Waals surface area contributed by atoms with Gasteiger partial charge >= 0.3 is 0 Å². The van der Waals surface area contributed by atoms with E-state index in [9.17, 15) is 0 Å². The van der Waals surface area contributed by atoms with Crippen molar-refractivity contribution in [3.63, 3.8) is 0 Å². The van der Waals surface area contributed by atoms with Gasteiger partial charge in [0.25, 0.3) is 0 Å². The van der Waals surface area contributed by atoms with Crippen LogP contribution in [0.4, 0.5) is 5.82 Å². The van der Waals surface area contributed by atoms with Gasteiger partial charge in [-0.15, -0.1) is 0 Å². The summed E-state index contributed by atoms with van der Waals surface area (Å²) in [6.07, 6.45) is 2.51. The van der Waals surface area contributed by atoms with Gasteiger partial charge < -0.3 is 10.1 Å². The van der Waals surface area contributed by atoms with E-state index in [1.807, 2.05) is 30.3 Å². The molecule has 2 aromatic rings. The second kappa shape index (κ2) is 6.58. The Bertz CT molecular complexity index is 585. The number of benzene rings is 1. The van der Waals surface area contributed by atoms with E-state index in [4.69, 9.17) is 10.00 Å². The highest BCUT2D eigenvalue weighted by molar-refractivity contribution is 5.42. The SMILES string of the molecule is CC[C@@H](Nc1ccc(C#N)cn1)c1ccc(OC)cc1. The van der Waals surface area contributed by atoms with Gasteiger partial charge in [-0.3, -0.25) is 0 Å². The number of ether oxygens (including phenoxy) is 1. The van der Waals surface area contributed by atoms with Crippen molar-refractivity contribution < 1.29 is 4.74 Å². The van der Waals surface area contributed by atoms with Gasteiger partial charge in [0.15, 0.2) is 0 Å². The van der Waals surface area contributed by atoms with E-state index in [0.717, 1.165) is 18.0 Å². The fourth-order valence-corrected chi connectivity index (χ4v) is 1.98. The van der Waals surface area contributed by atoms with E-state index < -0.39 is 0 Å². The molecule has 0 saturated heterocycles. The summed E-state index contributed by atoms with van der Waals surface area (Å²) in [5, 5.41) is 12.1. The van der Waals surface area contributed by atoms with E-state index in [-0.39, 0.29) is 6.04 Å². The molecule has 1 aromatic heterocycles. The smallest absolute Gasteiger partial charge is 0.126 e. The minimum absolute atomic E-state index is 0.182. The molecule has 2 rings (SSSR count). The molecule has 102 valence electrons. The molecule has 0 aliphatic heterocycles. The topological polar surface area (TPSA) is 57.9 Å². The van der Waals surface area contributed by atoms with Gasteiger partial charge in [0.05, 0.1) is 18.7 Å². The molecule has 4 heteroatoms. The number of methoxy groups -OCH3 is 1. The average Bonchev–Trinajstić information content (AvgIpc) is 2.53. The van der Waals surface area contributed by atoms with Crippen LogP contribution in [0.25, 0.3) is 0 Å². The van der Waals surface area contributed by atoms with Crippen LogP contribution >= 0.6 is 0 Å². The van der Waals surface area contributed by atoms with Crippen molar-refractivity contribution in [3.8, 4) is 11.8 Å². The van der Waals surface area contributed by atoms with Crippen molar-refractivity contribution in [2.75, 3.05) is 12.4 Å². The Morgan fingerprint density at radius 3 is 2.50 bits per heavy atom. The van der Waals surface area contributed by atoms with Crippen LogP contribution in [0.15, 0.2) is 42.6 Å². The molecule has 20 heavy (non-hydrogen) atoms. The lowest BCUT2D eigenvalue weighted by molar-refractivity contribution is 0.414. The highest BCUT2D eigenvalue weighted by Crippen LogP contribution is 2.23. The maximum atomic E-state index is 8.76. The number of hydrogen-bond acceptors (Lipinski definition) is 4. The number of pyridine rings is 1. The molecular formula is C16H17N3O. The van der Waals surface area contributed by atoms with E-state index in [0.29, 0.717) is 5.56 Å². The lowest BCUT2D eigenvalue weighted by Crippen LogP contribution is -2.10. The molecule has 0 bridgehead atoms. The Balaban J connectivity index is 2.12. The third kappa shape index (κ3) is 3.27. The molecule has 0 spiro atoms. The molecule has 1 N–H and O–H groups in total. The summed E-state index contributed by atoms with van der Waals surface area (Å²) in [7, 11) is 1.66. The molecular weight excluding hydrogens is 250 g/mol. The average molecular weight is 267 g/mol. The standard InChI is InChI=1S/C16H17N3O/c1-3-15(13-5-7-14(20-2)8-6-13)19-16-9-4-12(10-17)11-18-16/h4-9,11,15H,3H2,1-2H3,(H,18,19)/t15-/m1/s1. The molecule has 0 fully saturated rings. The van der Waals surface area contributed by atoms with Crippen molar-refractivity contribution in [3.05, 3.63) is 53.7 Å². The van der Waals surface area contributed by atoms with E-state index in [1.165, 1.54) is 5.56 Å². The Morgan fingerprint density at radius 1 is 1.25 bits per heavy atom. The third-order valence-electron chi connectivity index (χ3n) is 3.14. The zero-order valence-corrected chi connectivity index (χ0v) is 11.6. The van der Waals surface area contributed by atoms with Crippen LogP contribution in [-0.4, -0.2) is 12.1 Å². The molecule has 0 radical (unpaired) electrons. The Labute approximate surface area is 119 Å². The van der Waals surface area contributed by atoms with E-state index >= 15 is 0 Å². The zero-order valence-electron chi connectivity index (χ0n) is 11.6. The van der Waals surface area contributed by atoms with Gasteiger partial charge in [0.1, 0.15) is 17.6 Å². The number of nitrogens with zero attached hydrogens (tertiary/aromatic N) is 2. The fourth-order valence-electron chi connectivity index (χ4n) is 1.98. The van der Waals surface area contributed by atoms with Crippen LogP contribution in [0.2, 0.25) is 0 Å². The fraction of sp³-hybridized carbons (Fsp3) is 0.250. The monoisotopic (exact) mass is 267 g/mol. The van der Waals surface area contributed by atoms with Gasteiger partial charge in [-0.25, -0.2) is 4.98 Å². The van der Waals surface area contributed by atoms with Gasteiger partial charge in [-0.1, -0.05) is 19.1 Å². The van der Waals surface area contributed by atoms with Crippen LogP contribution in [0.5, 0.6) is 5.75 Å². The van der Waals surface area contributed by atoms with Crippen LogP contribution in [0.1, 0.15) is 30.5 Å². The molecule has 0 unspecified atom stereocenters. The predicted molar refractivity (Wildman–Crippen MR) is 78.6 cm³/mol. The van der Waals surface area contributed by atoms with E-state index in [1.54, 1.807) is 19.4 Å². The number of nitrogens with one attached hydrogen (secondary N) is 1. The van der Waals surface area contributed by atoms with Crippen LogP contribution < -0.4 is 10.1 Å². The van der Waals surface area contributed by atoms with Crippen molar-refractivity contribution in [2.24, 2.45) is 0 Å². The summed E-state index contributed by atoms with van der Waals surface area (Å²) >= 11 is 0. The molecule has 1 heterocycles. The predicted octanol–water partition coefficient (Wildman–Crippen LogP) is 3.53. The van der Waals surface area contributed by atoms with Crippen LogP contribution in [0.3, 0.4) is 0 Å². The maximum Gasteiger partial charge on any atom is 0.126 e. The van der Waals surface area contributed by atoms with Gasteiger partial charge in [0.2, 0.25) is 0 Å². The van der Waals surface area contributed by atoms with Gasteiger partial charge in [-0.05, 0) is 36.2 Å². The lowest BCUT2D eigenvalue weighted by atomic mass is 10.0. The second-order valence-corrected chi connectivity index (χ2v) is 4.42. The molecule has 1 aromatic carbocycles. The molecule has 1 atom stereocenters. The van der Waals surface area contributed by atoms with Crippen molar-refractivity contribution in [2.45, 2.75) is 19.4 Å². The number of anilines is 1. The minimum Gasteiger partial charge on any atom is -0.497 e. The first kappa shape index (κ1) is 13.9. The Kier molecular flexibility index (Phi) is 4.56. The first-order valence-corrected chi connectivity index (χ1v) is 6.53. The van der Waals surface area contributed by atoms with Crippen LogP contribution in [-0.2, 0) is 0 Å². The minimum atomic E-state index is 0.182. The maximum absolute atomic E-state index is 8.76. The second-order valence-electron chi connectivity index (χ2n) is 4.42. The first-order chi connectivity index (χ1) is 9.76. The van der Waals surface area contributed by atoms with Crippen molar-refractivity contribution in [1.82, 2.24) is 4.98 Å². The van der Waals surface area contributed by atoms with Gasteiger partial charge in [-0.2, -0.15) is 5.26 Å². The number of hydrogen-bond donors (Lipinski definition) is 1. The molecule has 4 nitrogen and oxygen atoms in total. The summed E-state index contributed by atoms with van der Waals surface area (Å²) in [6, 6.07) is 13.8. The summed E-state index contributed by atoms with van der Waals surface area (Å²) in [5.74, 6) is 1.62. The largest absolute Gasteiger partial charge is 0.497 e. The Morgan fingerprint density at radius 2 is 2.00 bits per heavy atom. The zero-order chi connectivity index (χ0) is 14.4. The van der Waals surface area contributed by atoms with Gasteiger partial charge in [0, 0.05) is 6.20 Å². The normalized spacial score (nSPS) is 11.4. The lowest BCUT2D eigenvalue weighted by Gasteiger charge is -2.18. The summed E-state index contributed by atoms with van der Waals surface area (Å²) < 4.78 is 5.16. The summed E-state index contributed by atoms with van der Waals surface area (Å²) in [6.45, 7) is 2.12. The number of aromatic nitrogens is 1. The van der Waals surface area contributed by atoms with E-state index in [2.05, 4.69) is 23.3 Å².